The molecule has 1 heterocycles. The third kappa shape index (κ3) is 2.87. The van der Waals surface area contributed by atoms with Crippen LogP contribution in [-0.4, -0.2) is 41.8 Å². The Balaban J connectivity index is 2.41. The first-order chi connectivity index (χ1) is 6.24. The first kappa shape index (κ1) is 9.73. The average molecular weight is 183 g/mol. The number of amides is 1. The molecule has 0 aliphatic heterocycles. The van der Waals surface area contributed by atoms with E-state index in [1.165, 1.54) is 7.11 Å². The van der Waals surface area contributed by atoms with Crippen LogP contribution in [0.3, 0.4) is 0 Å². The second-order valence-corrected chi connectivity index (χ2v) is 2.79. The standard InChI is InChI=1S/C8H13N3O2/c1-11(8(12)6-13-2)5-7-3-9-10-4-7/h3-4H,5-6H2,1-2H3,(H,9,10). The van der Waals surface area contributed by atoms with Crippen molar-refractivity contribution in [1.29, 1.82) is 0 Å². The van der Waals surface area contributed by atoms with Crippen molar-refractivity contribution >= 4 is 5.91 Å². The van der Waals surface area contributed by atoms with Crippen LogP contribution in [0.4, 0.5) is 0 Å². The largest absolute Gasteiger partial charge is 0.375 e. The Kier molecular flexibility index (Phi) is 3.45. The second kappa shape index (κ2) is 4.61. The summed E-state index contributed by atoms with van der Waals surface area (Å²) in [6.45, 7) is 0.674. The van der Waals surface area contributed by atoms with Crippen molar-refractivity contribution < 1.29 is 9.53 Å². The Morgan fingerprint density at radius 3 is 3.08 bits per heavy atom. The summed E-state index contributed by atoms with van der Waals surface area (Å²) < 4.78 is 4.73. The molecule has 0 spiro atoms. The second-order valence-electron chi connectivity index (χ2n) is 2.79. The van der Waals surface area contributed by atoms with E-state index in [1.807, 2.05) is 0 Å². The number of likely N-dealkylation sites (N-methyl/N-ethyl adjacent to an activating group) is 1. The molecule has 0 bridgehead atoms. The molecule has 72 valence electrons. The lowest BCUT2D eigenvalue weighted by molar-refractivity contribution is -0.134. The molecule has 0 saturated heterocycles. The molecule has 0 atom stereocenters. The summed E-state index contributed by atoms with van der Waals surface area (Å²) in [5.41, 5.74) is 0.979. The van der Waals surface area contributed by atoms with Crippen molar-refractivity contribution in [3.05, 3.63) is 18.0 Å². The SMILES string of the molecule is COCC(=O)N(C)Cc1cn[nH]c1. The monoisotopic (exact) mass is 183 g/mol. The molecular formula is C8H13N3O2. The topological polar surface area (TPSA) is 58.2 Å². The third-order valence-corrected chi connectivity index (χ3v) is 1.67. The fraction of sp³-hybridized carbons (Fsp3) is 0.500. The van der Waals surface area contributed by atoms with Gasteiger partial charge in [0.1, 0.15) is 6.61 Å². The minimum atomic E-state index is -0.0382. The van der Waals surface area contributed by atoms with Crippen molar-refractivity contribution in [2.24, 2.45) is 0 Å². The number of hydrogen-bond acceptors (Lipinski definition) is 3. The molecule has 0 aliphatic carbocycles. The maximum Gasteiger partial charge on any atom is 0.248 e. The van der Waals surface area contributed by atoms with Gasteiger partial charge in [-0.3, -0.25) is 9.89 Å². The van der Waals surface area contributed by atoms with Gasteiger partial charge in [-0.05, 0) is 0 Å². The summed E-state index contributed by atoms with van der Waals surface area (Å²) >= 11 is 0. The van der Waals surface area contributed by atoms with Crippen LogP contribution in [0.1, 0.15) is 5.56 Å². The van der Waals surface area contributed by atoms with E-state index >= 15 is 0 Å². The number of nitrogens with zero attached hydrogens (tertiary/aromatic N) is 2. The molecular weight excluding hydrogens is 170 g/mol. The van der Waals surface area contributed by atoms with Gasteiger partial charge >= 0.3 is 0 Å². The average Bonchev–Trinajstić information content (AvgIpc) is 2.57. The quantitative estimate of drug-likeness (QED) is 0.715. The summed E-state index contributed by atoms with van der Waals surface area (Å²) in [4.78, 5) is 12.8. The zero-order valence-corrected chi connectivity index (χ0v) is 7.78. The number of methoxy groups -OCH3 is 1. The van der Waals surface area contributed by atoms with E-state index in [-0.39, 0.29) is 12.5 Å². The highest BCUT2D eigenvalue weighted by Crippen LogP contribution is 1.99. The number of rotatable bonds is 4. The van der Waals surface area contributed by atoms with Crippen LogP contribution in [0.5, 0.6) is 0 Å². The van der Waals surface area contributed by atoms with Crippen LogP contribution >= 0.6 is 0 Å². The van der Waals surface area contributed by atoms with Crippen LogP contribution in [0.15, 0.2) is 12.4 Å². The van der Waals surface area contributed by atoms with Crippen molar-refractivity contribution in [2.75, 3.05) is 20.8 Å². The third-order valence-electron chi connectivity index (χ3n) is 1.67. The normalized spacial score (nSPS) is 10.0. The van der Waals surface area contributed by atoms with Gasteiger partial charge in [0.2, 0.25) is 5.91 Å². The van der Waals surface area contributed by atoms with Gasteiger partial charge in [0.25, 0.3) is 0 Å². The Morgan fingerprint density at radius 2 is 2.54 bits per heavy atom. The molecule has 0 aliphatic rings. The number of carbonyl (C=O) groups excluding carboxylic acids is 1. The maximum atomic E-state index is 11.2. The molecule has 1 N–H and O–H groups in total. The summed E-state index contributed by atoms with van der Waals surface area (Å²) in [5.74, 6) is -0.0382. The van der Waals surface area contributed by atoms with Crippen LogP contribution in [-0.2, 0) is 16.1 Å². The van der Waals surface area contributed by atoms with Crippen LogP contribution in [0.2, 0.25) is 0 Å². The van der Waals surface area contributed by atoms with Gasteiger partial charge < -0.3 is 9.64 Å². The van der Waals surface area contributed by atoms with Crippen molar-refractivity contribution in [2.45, 2.75) is 6.54 Å². The van der Waals surface area contributed by atoms with E-state index in [0.717, 1.165) is 5.56 Å². The smallest absolute Gasteiger partial charge is 0.248 e. The Hall–Kier alpha value is -1.36. The molecule has 1 aromatic rings. The Bertz CT molecular complexity index is 258. The minimum Gasteiger partial charge on any atom is -0.375 e. The summed E-state index contributed by atoms with van der Waals surface area (Å²) in [6.07, 6.45) is 3.45. The highest BCUT2D eigenvalue weighted by Gasteiger charge is 2.08. The Labute approximate surface area is 76.7 Å². The van der Waals surface area contributed by atoms with Crippen LogP contribution < -0.4 is 0 Å². The highest BCUT2D eigenvalue weighted by molar-refractivity contribution is 5.77. The first-order valence-electron chi connectivity index (χ1n) is 3.94. The molecule has 0 saturated carbocycles. The van der Waals surface area contributed by atoms with Crippen molar-refractivity contribution in [3.8, 4) is 0 Å². The lowest BCUT2D eigenvalue weighted by Crippen LogP contribution is -2.29. The van der Waals surface area contributed by atoms with Crippen LogP contribution in [0, 0.1) is 0 Å². The van der Waals surface area contributed by atoms with Gasteiger partial charge in [-0.2, -0.15) is 5.10 Å². The predicted octanol–water partition coefficient (Wildman–Crippen LogP) is 0.0145. The molecule has 0 radical (unpaired) electrons. The molecule has 13 heavy (non-hydrogen) atoms. The van der Waals surface area contributed by atoms with E-state index in [2.05, 4.69) is 10.2 Å². The fourth-order valence-corrected chi connectivity index (χ4v) is 0.960. The van der Waals surface area contributed by atoms with Crippen LogP contribution in [0.25, 0.3) is 0 Å². The molecule has 0 fully saturated rings. The Morgan fingerprint density at radius 1 is 1.77 bits per heavy atom. The van der Waals surface area contributed by atoms with Gasteiger partial charge in [-0.15, -0.1) is 0 Å². The number of hydrogen-bond donors (Lipinski definition) is 1. The summed E-state index contributed by atoms with van der Waals surface area (Å²) in [6, 6.07) is 0. The number of carbonyl (C=O) groups is 1. The number of H-pyrrole nitrogens is 1. The lowest BCUT2D eigenvalue weighted by atomic mass is 10.3. The minimum absolute atomic E-state index is 0.0382. The summed E-state index contributed by atoms with van der Waals surface area (Å²) in [5, 5.41) is 6.47. The predicted molar refractivity (Wildman–Crippen MR) is 46.9 cm³/mol. The van der Waals surface area contributed by atoms with Gasteiger partial charge in [0.15, 0.2) is 0 Å². The summed E-state index contributed by atoms with van der Waals surface area (Å²) in [7, 11) is 3.23. The van der Waals surface area contributed by atoms with Gasteiger partial charge in [0.05, 0.1) is 6.20 Å². The van der Waals surface area contributed by atoms with Gasteiger partial charge in [-0.25, -0.2) is 0 Å². The zero-order valence-electron chi connectivity index (χ0n) is 7.78. The van der Waals surface area contributed by atoms with Crippen molar-refractivity contribution in [1.82, 2.24) is 15.1 Å². The van der Waals surface area contributed by atoms with E-state index in [1.54, 1.807) is 24.3 Å². The van der Waals surface area contributed by atoms with E-state index < -0.39 is 0 Å². The van der Waals surface area contributed by atoms with Gasteiger partial charge in [0, 0.05) is 32.5 Å². The lowest BCUT2D eigenvalue weighted by Gasteiger charge is -2.15. The van der Waals surface area contributed by atoms with Crippen molar-refractivity contribution in [3.63, 3.8) is 0 Å². The molecule has 1 rings (SSSR count). The molecule has 5 heteroatoms. The zero-order chi connectivity index (χ0) is 9.68. The first-order valence-corrected chi connectivity index (χ1v) is 3.94. The molecule has 0 aromatic carbocycles. The molecule has 5 nitrogen and oxygen atoms in total. The van der Waals surface area contributed by atoms with E-state index in [0.29, 0.717) is 6.54 Å². The number of ether oxygens (including phenoxy) is 1. The molecule has 1 amide bonds. The molecule has 1 aromatic heterocycles. The van der Waals surface area contributed by atoms with E-state index in [4.69, 9.17) is 4.74 Å². The fourth-order valence-electron chi connectivity index (χ4n) is 0.960. The number of aromatic nitrogens is 2. The van der Waals surface area contributed by atoms with Gasteiger partial charge in [-0.1, -0.05) is 0 Å². The molecule has 0 unspecified atom stereocenters. The number of aromatic amines is 1. The maximum absolute atomic E-state index is 11.2. The number of nitrogens with one attached hydrogen (secondary N) is 1. The highest BCUT2D eigenvalue weighted by atomic mass is 16.5. The van der Waals surface area contributed by atoms with E-state index in [9.17, 15) is 4.79 Å².